The normalized spacial score (nSPS) is 9.50. The van der Waals surface area contributed by atoms with Crippen molar-refractivity contribution in [2.45, 2.75) is 6.92 Å². The second-order valence-electron chi connectivity index (χ2n) is 1.77. The van der Waals surface area contributed by atoms with Crippen molar-refractivity contribution >= 4 is 5.69 Å². The maximum absolute atomic E-state index is 10.3. The molecule has 1 aromatic heterocycles. The van der Waals surface area contributed by atoms with Crippen molar-refractivity contribution in [3.63, 3.8) is 0 Å². The molecule has 0 aromatic carbocycles. The second kappa shape index (κ2) is 2.59. The van der Waals surface area contributed by atoms with Gasteiger partial charge >= 0.3 is 0 Å². The van der Waals surface area contributed by atoms with E-state index in [0.29, 0.717) is 5.69 Å². The van der Waals surface area contributed by atoms with Crippen molar-refractivity contribution in [1.82, 2.24) is 9.97 Å². The van der Waals surface area contributed by atoms with Gasteiger partial charge in [-0.25, -0.2) is 9.97 Å². The Balaban J connectivity index is 3.03. The summed E-state index contributed by atoms with van der Waals surface area (Å²) in [4.78, 5) is 7.24. The highest BCUT2D eigenvalue weighted by molar-refractivity contribution is 5.45. The summed E-state index contributed by atoms with van der Waals surface area (Å²) in [5.41, 5.74) is 0.523. The van der Waals surface area contributed by atoms with Gasteiger partial charge in [-0.1, -0.05) is 0 Å². The minimum atomic E-state index is -0.255. The lowest BCUT2D eigenvalue weighted by Gasteiger charge is -2.21. The molecule has 0 saturated heterocycles. The maximum atomic E-state index is 10.3. The molecule has 1 rings (SSSR count). The van der Waals surface area contributed by atoms with Crippen LogP contribution in [0.4, 0.5) is 5.69 Å². The second-order valence-corrected chi connectivity index (χ2v) is 1.77. The number of rotatable bonds is 1. The number of hydrogen-bond donors (Lipinski definition) is 1. The van der Waals surface area contributed by atoms with Gasteiger partial charge in [-0.2, -0.15) is 0 Å². The maximum Gasteiger partial charge on any atom is 0.115 e. The van der Waals surface area contributed by atoms with Crippen molar-refractivity contribution in [3.05, 3.63) is 23.4 Å². The Kier molecular flexibility index (Phi) is 1.79. The Labute approximate surface area is 57.5 Å². The van der Waals surface area contributed by atoms with Gasteiger partial charge in [0.2, 0.25) is 0 Å². The van der Waals surface area contributed by atoms with E-state index in [1.807, 2.05) is 0 Å². The van der Waals surface area contributed by atoms with Crippen LogP contribution in [0.5, 0.6) is 0 Å². The van der Waals surface area contributed by atoms with Gasteiger partial charge in [0.25, 0.3) is 0 Å². The van der Waals surface area contributed by atoms with Gasteiger partial charge in [-0.05, 0) is 6.92 Å². The van der Waals surface area contributed by atoms with E-state index in [-0.39, 0.29) is 10.9 Å². The van der Waals surface area contributed by atoms with Crippen LogP contribution in [0.3, 0.4) is 0 Å². The fraction of sp³-hybridized carbons (Fsp3) is 0.200. The third-order valence-electron chi connectivity index (χ3n) is 1.09. The smallest absolute Gasteiger partial charge is 0.115 e. The highest BCUT2D eigenvalue weighted by Crippen LogP contribution is 2.11. The van der Waals surface area contributed by atoms with E-state index < -0.39 is 0 Å². The minimum absolute atomic E-state index is 0.0718. The summed E-state index contributed by atoms with van der Waals surface area (Å²) in [6, 6.07) is 0. The lowest BCUT2D eigenvalue weighted by molar-refractivity contribution is 0.295. The van der Waals surface area contributed by atoms with Gasteiger partial charge < -0.3 is 10.4 Å². The quantitative estimate of drug-likeness (QED) is 0.574. The molecule has 1 N–H and O–H groups in total. The highest BCUT2D eigenvalue weighted by atomic mass is 16.8. The van der Waals surface area contributed by atoms with Crippen LogP contribution in [0, 0.1) is 12.1 Å². The van der Waals surface area contributed by atoms with Crippen LogP contribution in [0.1, 0.15) is 5.69 Å². The van der Waals surface area contributed by atoms with Crippen molar-refractivity contribution in [2.75, 3.05) is 5.23 Å². The summed E-state index contributed by atoms with van der Waals surface area (Å²) in [6.07, 6.45) is 2.55. The predicted molar refractivity (Wildman–Crippen MR) is 34.4 cm³/mol. The molecule has 0 fully saturated rings. The molecular weight excluding hydrogens is 134 g/mol. The number of hydrogen-bond acceptors (Lipinski definition) is 5. The van der Waals surface area contributed by atoms with E-state index >= 15 is 0 Å². The zero-order chi connectivity index (χ0) is 7.56. The molecule has 0 amide bonds. The number of anilines is 1. The largest absolute Gasteiger partial charge is 0.733 e. The van der Waals surface area contributed by atoms with E-state index in [1.54, 1.807) is 6.92 Å². The van der Waals surface area contributed by atoms with Gasteiger partial charge in [0.1, 0.15) is 6.33 Å². The summed E-state index contributed by atoms with van der Waals surface area (Å²) in [5.74, 6) is 0. The van der Waals surface area contributed by atoms with E-state index in [0.717, 1.165) is 0 Å². The first kappa shape index (κ1) is 6.91. The highest BCUT2D eigenvalue weighted by Gasteiger charge is 1.96. The standard InChI is InChI=1S/C5H6N3O2/c1-4-5(8(9)10)2-6-3-7-4/h2-3,9H,1H3/q-1. The van der Waals surface area contributed by atoms with E-state index in [1.165, 1.54) is 12.5 Å². The molecule has 1 heterocycles. The van der Waals surface area contributed by atoms with Crippen LogP contribution in [-0.2, 0) is 0 Å². The molecule has 0 spiro atoms. The van der Waals surface area contributed by atoms with Crippen molar-refractivity contribution in [2.24, 2.45) is 0 Å². The Morgan fingerprint density at radius 3 is 2.80 bits per heavy atom. The van der Waals surface area contributed by atoms with Crippen LogP contribution < -0.4 is 5.23 Å². The Morgan fingerprint density at radius 2 is 2.40 bits per heavy atom. The number of aryl methyl sites for hydroxylation is 1. The van der Waals surface area contributed by atoms with Crippen molar-refractivity contribution in [3.8, 4) is 0 Å². The van der Waals surface area contributed by atoms with Crippen molar-refractivity contribution in [1.29, 1.82) is 0 Å². The average Bonchev–Trinajstić information content (AvgIpc) is 1.88. The zero-order valence-corrected chi connectivity index (χ0v) is 5.35. The monoisotopic (exact) mass is 140 g/mol. The molecule has 54 valence electrons. The Bertz CT molecular complexity index is 226. The lowest BCUT2D eigenvalue weighted by Crippen LogP contribution is -2.09. The fourth-order valence-corrected chi connectivity index (χ4v) is 0.571. The summed E-state index contributed by atoms with van der Waals surface area (Å²) in [7, 11) is 0. The molecule has 0 aliphatic heterocycles. The van der Waals surface area contributed by atoms with Crippen LogP contribution in [0.15, 0.2) is 12.5 Å². The summed E-state index contributed by atoms with van der Waals surface area (Å²) < 4.78 is 0. The molecule has 0 unspecified atom stereocenters. The van der Waals surface area contributed by atoms with Crippen LogP contribution in [0.2, 0.25) is 0 Å². The minimum Gasteiger partial charge on any atom is -0.733 e. The lowest BCUT2D eigenvalue weighted by atomic mass is 10.4. The summed E-state index contributed by atoms with van der Waals surface area (Å²) >= 11 is 0. The van der Waals surface area contributed by atoms with Crippen LogP contribution in [-0.4, -0.2) is 15.2 Å². The number of nitrogens with zero attached hydrogens (tertiary/aromatic N) is 3. The van der Waals surface area contributed by atoms with Crippen LogP contribution >= 0.6 is 0 Å². The van der Waals surface area contributed by atoms with Gasteiger partial charge in [0, 0.05) is 0 Å². The van der Waals surface area contributed by atoms with E-state index in [4.69, 9.17) is 5.21 Å². The molecule has 0 saturated carbocycles. The molecule has 0 bridgehead atoms. The van der Waals surface area contributed by atoms with Gasteiger partial charge in [-0.3, -0.25) is 5.21 Å². The Hall–Kier alpha value is -1.20. The van der Waals surface area contributed by atoms with Gasteiger partial charge in [0.15, 0.2) is 0 Å². The first-order chi connectivity index (χ1) is 4.72. The first-order valence-electron chi connectivity index (χ1n) is 2.64. The zero-order valence-electron chi connectivity index (χ0n) is 5.35. The molecule has 0 aliphatic carbocycles. The van der Waals surface area contributed by atoms with Gasteiger partial charge in [-0.15, -0.1) is 0 Å². The molecular formula is C5H6N3O2-. The molecule has 0 aliphatic rings. The van der Waals surface area contributed by atoms with Crippen LogP contribution in [0.25, 0.3) is 0 Å². The summed E-state index contributed by atoms with van der Waals surface area (Å²) in [5, 5.41) is 18.4. The summed E-state index contributed by atoms with van der Waals surface area (Å²) in [6.45, 7) is 1.61. The topological polar surface area (TPSA) is 72.3 Å². The molecule has 0 atom stereocenters. The third kappa shape index (κ3) is 1.20. The Morgan fingerprint density at radius 1 is 1.70 bits per heavy atom. The first-order valence-corrected chi connectivity index (χ1v) is 2.64. The SMILES string of the molecule is Cc1ncncc1N([O-])O. The average molecular weight is 140 g/mol. The molecule has 0 radical (unpaired) electrons. The fourth-order valence-electron chi connectivity index (χ4n) is 0.571. The van der Waals surface area contributed by atoms with Crippen molar-refractivity contribution < 1.29 is 5.21 Å². The third-order valence-corrected chi connectivity index (χ3v) is 1.09. The molecule has 1 aromatic rings. The van der Waals surface area contributed by atoms with E-state index in [2.05, 4.69) is 9.97 Å². The predicted octanol–water partition coefficient (Wildman–Crippen LogP) is 0.478. The molecule has 10 heavy (non-hydrogen) atoms. The molecule has 5 heteroatoms. The number of aromatic nitrogens is 2. The van der Waals surface area contributed by atoms with E-state index in [9.17, 15) is 5.21 Å². The molecule has 5 nitrogen and oxygen atoms in total. The van der Waals surface area contributed by atoms with Gasteiger partial charge in [0.05, 0.1) is 17.6 Å².